The SMILES string of the molecule is CN(Cc1ccccn1)CC(O)CCN. The minimum absolute atomic E-state index is 0.344. The number of hydrogen-bond acceptors (Lipinski definition) is 4. The van der Waals surface area contributed by atoms with Crippen LogP contribution in [0.3, 0.4) is 0 Å². The second-order valence-corrected chi connectivity index (χ2v) is 3.75. The van der Waals surface area contributed by atoms with Crippen LogP contribution >= 0.6 is 0 Å². The van der Waals surface area contributed by atoms with Crippen molar-refractivity contribution in [3.8, 4) is 0 Å². The first-order valence-corrected chi connectivity index (χ1v) is 5.19. The van der Waals surface area contributed by atoms with Gasteiger partial charge in [0.2, 0.25) is 0 Å². The maximum Gasteiger partial charge on any atom is 0.0679 e. The first-order chi connectivity index (χ1) is 7.22. The molecule has 0 aromatic carbocycles. The second kappa shape index (κ2) is 6.50. The fourth-order valence-corrected chi connectivity index (χ4v) is 1.48. The molecule has 1 rings (SSSR count). The van der Waals surface area contributed by atoms with E-state index in [1.165, 1.54) is 0 Å². The number of aliphatic hydroxyl groups is 1. The molecule has 0 spiro atoms. The van der Waals surface area contributed by atoms with Crippen LogP contribution in [0.4, 0.5) is 0 Å². The molecule has 0 aliphatic rings. The molecule has 4 nitrogen and oxygen atoms in total. The highest BCUT2D eigenvalue weighted by molar-refractivity contribution is 5.03. The van der Waals surface area contributed by atoms with Gasteiger partial charge in [0.1, 0.15) is 0 Å². The van der Waals surface area contributed by atoms with E-state index < -0.39 is 0 Å². The van der Waals surface area contributed by atoms with Crippen molar-refractivity contribution in [3.05, 3.63) is 30.1 Å². The van der Waals surface area contributed by atoms with E-state index in [-0.39, 0.29) is 6.10 Å². The Kier molecular flexibility index (Phi) is 5.25. The largest absolute Gasteiger partial charge is 0.392 e. The van der Waals surface area contributed by atoms with E-state index in [9.17, 15) is 5.11 Å². The minimum Gasteiger partial charge on any atom is -0.392 e. The summed E-state index contributed by atoms with van der Waals surface area (Å²) in [5.74, 6) is 0. The number of hydrogen-bond donors (Lipinski definition) is 2. The van der Waals surface area contributed by atoms with Crippen LogP contribution in [-0.4, -0.2) is 41.2 Å². The topological polar surface area (TPSA) is 62.4 Å². The lowest BCUT2D eigenvalue weighted by Crippen LogP contribution is -2.30. The summed E-state index contributed by atoms with van der Waals surface area (Å²) in [6.07, 6.45) is 2.08. The van der Waals surface area contributed by atoms with Crippen molar-refractivity contribution < 1.29 is 5.11 Å². The van der Waals surface area contributed by atoms with Gasteiger partial charge in [-0.3, -0.25) is 9.88 Å². The molecular weight excluding hydrogens is 190 g/mol. The maximum absolute atomic E-state index is 9.56. The third kappa shape index (κ3) is 4.88. The lowest BCUT2D eigenvalue weighted by Gasteiger charge is -2.19. The monoisotopic (exact) mass is 209 g/mol. The Balaban J connectivity index is 2.33. The van der Waals surface area contributed by atoms with E-state index in [0.717, 1.165) is 12.2 Å². The molecule has 0 bridgehead atoms. The molecule has 1 atom stereocenters. The molecule has 3 N–H and O–H groups in total. The lowest BCUT2D eigenvalue weighted by molar-refractivity contribution is 0.116. The Morgan fingerprint density at radius 2 is 2.33 bits per heavy atom. The number of likely N-dealkylation sites (N-methyl/N-ethyl adjacent to an activating group) is 1. The summed E-state index contributed by atoms with van der Waals surface area (Å²) in [6.45, 7) is 1.91. The van der Waals surface area contributed by atoms with Crippen molar-refractivity contribution in [2.45, 2.75) is 19.1 Å². The van der Waals surface area contributed by atoms with Gasteiger partial charge >= 0.3 is 0 Å². The fraction of sp³-hybridized carbons (Fsp3) is 0.545. The third-order valence-corrected chi connectivity index (χ3v) is 2.18. The van der Waals surface area contributed by atoms with Crippen LogP contribution in [0.25, 0.3) is 0 Å². The molecule has 4 heteroatoms. The Bertz CT molecular complexity index is 266. The smallest absolute Gasteiger partial charge is 0.0679 e. The molecule has 0 radical (unpaired) electrons. The molecule has 0 fully saturated rings. The fourth-order valence-electron chi connectivity index (χ4n) is 1.48. The summed E-state index contributed by atoms with van der Waals surface area (Å²) >= 11 is 0. The zero-order valence-corrected chi connectivity index (χ0v) is 9.13. The van der Waals surface area contributed by atoms with Gasteiger partial charge in [-0.2, -0.15) is 0 Å². The van der Waals surface area contributed by atoms with E-state index in [0.29, 0.717) is 19.5 Å². The molecular formula is C11H19N3O. The van der Waals surface area contributed by atoms with Gasteiger partial charge in [0.05, 0.1) is 11.8 Å². The van der Waals surface area contributed by atoms with Gasteiger partial charge in [-0.05, 0) is 32.1 Å². The molecule has 0 aliphatic heterocycles. The van der Waals surface area contributed by atoms with E-state index in [2.05, 4.69) is 4.98 Å². The summed E-state index contributed by atoms with van der Waals surface area (Å²) < 4.78 is 0. The highest BCUT2D eigenvalue weighted by Gasteiger charge is 2.07. The first kappa shape index (κ1) is 12.1. The Morgan fingerprint density at radius 1 is 1.53 bits per heavy atom. The highest BCUT2D eigenvalue weighted by Crippen LogP contribution is 2.00. The van der Waals surface area contributed by atoms with Crippen LogP contribution in [0.15, 0.2) is 24.4 Å². The molecule has 0 amide bonds. The summed E-state index contributed by atoms with van der Waals surface area (Å²) in [6, 6.07) is 5.84. The second-order valence-electron chi connectivity index (χ2n) is 3.75. The van der Waals surface area contributed by atoms with E-state index in [4.69, 9.17) is 5.73 Å². The Morgan fingerprint density at radius 3 is 2.93 bits per heavy atom. The number of nitrogens with two attached hydrogens (primary N) is 1. The van der Waals surface area contributed by atoms with E-state index in [1.807, 2.05) is 30.1 Å². The third-order valence-electron chi connectivity index (χ3n) is 2.18. The van der Waals surface area contributed by atoms with Crippen molar-refractivity contribution in [2.24, 2.45) is 5.73 Å². The predicted octanol–water partition coefficient (Wildman–Crippen LogP) is 0.223. The van der Waals surface area contributed by atoms with Crippen LogP contribution in [0.5, 0.6) is 0 Å². The van der Waals surface area contributed by atoms with Crippen LogP contribution in [0.2, 0.25) is 0 Å². The highest BCUT2D eigenvalue weighted by atomic mass is 16.3. The summed E-state index contributed by atoms with van der Waals surface area (Å²) in [5, 5.41) is 9.56. The molecule has 15 heavy (non-hydrogen) atoms. The van der Waals surface area contributed by atoms with Gasteiger partial charge in [0, 0.05) is 19.3 Å². The maximum atomic E-state index is 9.56. The van der Waals surface area contributed by atoms with Crippen LogP contribution in [0, 0.1) is 0 Å². The average molecular weight is 209 g/mol. The number of nitrogens with zero attached hydrogens (tertiary/aromatic N) is 2. The molecule has 0 saturated carbocycles. The van der Waals surface area contributed by atoms with Gasteiger partial charge in [-0.25, -0.2) is 0 Å². The average Bonchev–Trinajstić information content (AvgIpc) is 2.19. The molecule has 84 valence electrons. The Labute approximate surface area is 90.7 Å². The molecule has 1 aromatic heterocycles. The zero-order chi connectivity index (χ0) is 11.1. The minimum atomic E-state index is -0.344. The van der Waals surface area contributed by atoms with Crippen molar-refractivity contribution in [2.75, 3.05) is 20.1 Å². The number of aromatic nitrogens is 1. The summed E-state index contributed by atoms with van der Waals surface area (Å²) in [5.41, 5.74) is 6.38. The van der Waals surface area contributed by atoms with Crippen molar-refractivity contribution in [3.63, 3.8) is 0 Å². The number of aliphatic hydroxyl groups excluding tert-OH is 1. The zero-order valence-electron chi connectivity index (χ0n) is 9.13. The van der Waals surface area contributed by atoms with Crippen LogP contribution in [0.1, 0.15) is 12.1 Å². The Hall–Kier alpha value is -0.970. The lowest BCUT2D eigenvalue weighted by atomic mass is 10.2. The standard InChI is InChI=1S/C11H19N3O/c1-14(9-11(15)5-6-12)8-10-4-2-3-7-13-10/h2-4,7,11,15H,5-6,8-9,12H2,1H3. The van der Waals surface area contributed by atoms with Crippen molar-refractivity contribution >= 4 is 0 Å². The van der Waals surface area contributed by atoms with Gasteiger partial charge in [-0.15, -0.1) is 0 Å². The molecule has 0 aliphatic carbocycles. The van der Waals surface area contributed by atoms with E-state index in [1.54, 1.807) is 6.20 Å². The summed E-state index contributed by atoms with van der Waals surface area (Å²) in [4.78, 5) is 6.27. The van der Waals surface area contributed by atoms with Gasteiger partial charge in [-0.1, -0.05) is 6.07 Å². The van der Waals surface area contributed by atoms with Crippen LogP contribution in [-0.2, 0) is 6.54 Å². The predicted molar refractivity (Wildman–Crippen MR) is 60.2 cm³/mol. The molecule has 1 heterocycles. The normalized spacial score (nSPS) is 13.1. The van der Waals surface area contributed by atoms with E-state index >= 15 is 0 Å². The molecule has 0 saturated heterocycles. The first-order valence-electron chi connectivity index (χ1n) is 5.19. The van der Waals surface area contributed by atoms with Crippen molar-refractivity contribution in [1.82, 2.24) is 9.88 Å². The summed E-state index contributed by atoms with van der Waals surface area (Å²) in [7, 11) is 1.97. The number of rotatable bonds is 6. The van der Waals surface area contributed by atoms with Crippen LogP contribution < -0.4 is 5.73 Å². The number of pyridine rings is 1. The van der Waals surface area contributed by atoms with Crippen molar-refractivity contribution in [1.29, 1.82) is 0 Å². The van der Waals surface area contributed by atoms with Gasteiger partial charge in [0.25, 0.3) is 0 Å². The van der Waals surface area contributed by atoms with Gasteiger partial charge < -0.3 is 10.8 Å². The molecule has 1 aromatic rings. The quantitative estimate of drug-likeness (QED) is 0.703. The molecule has 1 unspecified atom stereocenters. The van der Waals surface area contributed by atoms with Gasteiger partial charge in [0.15, 0.2) is 0 Å².